The second-order valence-electron chi connectivity index (χ2n) is 4.10. The molecule has 2 rings (SSSR count). The minimum Gasteiger partial charge on any atom is -0.394 e. The predicted molar refractivity (Wildman–Crippen MR) is 74.6 cm³/mol. The van der Waals surface area contributed by atoms with E-state index in [1.165, 1.54) is 4.88 Å². The summed E-state index contributed by atoms with van der Waals surface area (Å²) in [6.07, 6.45) is 2.89. The number of benzene rings is 1. The van der Waals surface area contributed by atoms with Gasteiger partial charge in [0.05, 0.1) is 17.7 Å². The molecule has 18 heavy (non-hydrogen) atoms. The highest BCUT2D eigenvalue weighted by atomic mass is 32.1. The topological polar surface area (TPSA) is 45.2 Å². The van der Waals surface area contributed by atoms with Crippen LogP contribution in [0.5, 0.6) is 0 Å². The number of aliphatic hydroxyl groups is 1. The molecule has 0 amide bonds. The van der Waals surface area contributed by atoms with Gasteiger partial charge in [0.25, 0.3) is 0 Å². The van der Waals surface area contributed by atoms with E-state index in [0.717, 1.165) is 23.5 Å². The first-order valence-corrected chi connectivity index (χ1v) is 6.98. The normalized spacial score (nSPS) is 12.6. The summed E-state index contributed by atoms with van der Waals surface area (Å²) < 4.78 is 0. The van der Waals surface area contributed by atoms with Gasteiger partial charge in [-0.25, -0.2) is 4.98 Å². The minimum absolute atomic E-state index is 0.0154. The van der Waals surface area contributed by atoms with Crippen LogP contribution in [0.25, 0.3) is 0 Å². The zero-order valence-corrected chi connectivity index (χ0v) is 11.3. The van der Waals surface area contributed by atoms with E-state index < -0.39 is 0 Å². The second kappa shape index (κ2) is 6.64. The van der Waals surface area contributed by atoms with Crippen molar-refractivity contribution in [2.75, 3.05) is 6.61 Å². The monoisotopic (exact) mass is 262 g/mol. The third kappa shape index (κ3) is 3.38. The van der Waals surface area contributed by atoms with Crippen LogP contribution in [-0.4, -0.2) is 16.7 Å². The summed E-state index contributed by atoms with van der Waals surface area (Å²) in [5, 5.41) is 14.0. The highest BCUT2D eigenvalue weighted by Gasteiger charge is 2.09. The fraction of sp³-hybridized carbons (Fsp3) is 0.357. The summed E-state index contributed by atoms with van der Waals surface area (Å²) in [5.74, 6) is 0. The number of nitrogens with one attached hydrogen (secondary N) is 1. The lowest BCUT2D eigenvalue weighted by atomic mass is 10.1. The fourth-order valence-corrected chi connectivity index (χ4v) is 2.60. The molecule has 3 nitrogen and oxygen atoms in total. The Morgan fingerprint density at radius 2 is 2.11 bits per heavy atom. The van der Waals surface area contributed by atoms with E-state index in [1.807, 2.05) is 36.5 Å². The number of rotatable bonds is 6. The van der Waals surface area contributed by atoms with Gasteiger partial charge in [0, 0.05) is 17.6 Å². The summed E-state index contributed by atoms with van der Waals surface area (Å²) in [6.45, 7) is 2.96. The number of hydrogen-bond acceptors (Lipinski definition) is 4. The Hall–Kier alpha value is -1.23. The number of aromatic nitrogens is 1. The smallest absolute Gasteiger partial charge is 0.0925 e. The molecule has 1 heterocycles. The Bertz CT molecular complexity index is 470. The van der Waals surface area contributed by atoms with Gasteiger partial charge in [-0.15, -0.1) is 11.3 Å². The molecule has 1 aromatic heterocycles. The van der Waals surface area contributed by atoms with E-state index in [4.69, 9.17) is 0 Å². The maximum Gasteiger partial charge on any atom is 0.0925 e. The quantitative estimate of drug-likeness (QED) is 0.841. The Labute approximate surface area is 112 Å². The molecule has 96 valence electrons. The van der Waals surface area contributed by atoms with E-state index in [0.29, 0.717) is 0 Å². The van der Waals surface area contributed by atoms with Crippen LogP contribution in [0.4, 0.5) is 0 Å². The van der Waals surface area contributed by atoms with Crippen LogP contribution >= 0.6 is 11.3 Å². The summed E-state index contributed by atoms with van der Waals surface area (Å²) in [7, 11) is 0. The second-order valence-corrected chi connectivity index (χ2v) is 5.30. The molecule has 0 aliphatic heterocycles. The number of aryl methyl sites for hydroxylation is 1. The van der Waals surface area contributed by atoms with Gasteiger partial charge in [0.2, 0.25) is 0 Å². The van der Waals surface area contributed by atoms with E-state index in [2.05, 4.69) is 17.2 Å². The van der Waals surface area contributed by atoms with Crippen LogP contribution in [0.3, 0.4) is 0 Å². The van der Waals surface area contributed by atoms with Crippen molar-refractivity contribution in [3.8, 4) is 0 Å². The van der Waals surface area contributed by atoms with Crippen molar-refractivity contribution in [3.63, 3.8) is 0 Å². The molecule has 1 atom stereocenters. The Morgan fingerprint density at radius 1 is 1.33 bits per heavy atom. The molecule has 4 heteroatoms. The van der Waals surface area contributed by atoms with Crippen molar-refractivity contribution < 1.29 is 5.11 Å². The number of thiazole rings is 1. The molecule has 1 aromatic carbocycles. The Kier molecular flexibility index (Phi) is 4.87. The lowest BCUT2D eigenvalue weighted by Crippen LogP contribution is -2.23. The summed E-state index contributed by atoms with van der Waals surface area (Å²) >= 11 is 1.73. The standard InChI is InChI=1S/C14H18N2OS/c1-2-14-16-9-12(18-14)8-15-13(10-17)11-6-4-3-5-7-11/h3-7,9,13,15,17H,2,8,10H2,1H3. The zero-order valence-electron chi connectivity index (χ0n) is 10.5. The van der Waals surface area contributed by atoms with Crippen molar-refractivity contribution in [3.05, 3.63) is 52.0 Å². The first-order valence-electron chi connectivity index (χ1n) is 6.16. The van der Waals surface area contributed by atoms with Gasteiger partial charge in [-0.05, 0) is 12.0 Å². The molecule has 2 aromatic rings. The van der Waals surface area contributed by atoms with Crippen LogP contribution < -0.4 is 5.32 Å². The van der Waals surface area contributed by atoms with Crippen LogP contribution in [-0.2, 0) is 13.0 Å². The van der Waals surface area contributed by atoms with E-state index in [1.54, 1.807) is 11.3 Å². The number of nitrogens with zero attached hydrogens (tertiary/aromatic N) is 1. The van der Waals surface area contributed by atoms with Crippen LogP contribution in [0.15, 0.2) is 36.5 Å². The van der Waals surface area contributed by atoms with Gasteiger partial charge in [0.1, 0.15) is 0 Å². The summed E-state index contributed by atoms with van der Waals surface area (Å²) in [6, 6.07) is 9.99. The highest BCUT2D eigenvalue weighted by molar-refractivity contribution is 7.11. The average molecular weight is 262 g/mol. The Balaban J connectivity index is 1.95. The maximum atomic E-state index is 9.43. The summed E-state index contributed by atoms with van der Waals surface area (Å²) in [4.78, 5) is 5.54. The SMILES string of the molecule is CCc1ncc(CNC(CO)c2ccccc2)s1. The van der Waals surface area contributed by atoms with Gasteiger partial charge < -0.3 is 10.4 Å². The molecule has 0 bridgehead atoms. The molecule has 0 spiro atoms. The first kappa shape index (κ1) is 13.2. The predicted octanol–water partition coefficient (Wildman–Crippen LogP) is 2.53. The highest BCUT2D eigenvalue weighted by Crippen LogP contribution is 2.16. The summed E-state index contributed by atoms with van der Waals surface area (Å²) in [5.41, 5.74) is 1.11. The van der Waals surface area contributed by atoms with Crippen molar-refractivity contribution >= 4 is 11.3 Å². The minimum atomic E-state index is -0.0154. The third-order valence-electron chi connectivity index (χ3n) is 2.81. The third-order valence-corrected chi connectivity index (χ3v) is 3.95. The van der Waals surface area contributed by atoms with Gasteiger partial charge in [-0.2, -0.15) is 0 Å². The molecule has 0 radical (unpaired) electrons. The molecule has 0 saturated carbocycles. The zero-order chi connectivity index (χ0) is 12.8. The molecule has 0 aliphatic rings. The van der Waals surface area contributed by atoms with Crippen molar-refractivity contribution in [2.45, 2.75) is 25.9 Å². The maximum absolute atomic E-state index is 9.43. The van der Waals surface area contributed by atoms with E-state index in [-0.39, 0.29) is 12.6 Å². The molecule has 0 fully saturated rings. The van der Waals surface area contributed by atoms with Gasteiger partial charge in [-0.3, -0.25) is 0 Å². The van der Waals surface area contributed by atoms with Crippen LogP contribution in [0, 0.1) is 0 Å². The molecular formula is C14H18N2OS. The number of hydrogen-bond donors (Lipinski definition) is 2. The largest absolute Gasteiger partial charge is 0.394 e. The lowest BCUT2D eigenvalue weighted by molar-refractivity contribution is 0.244. The molecule has 0 aliphatic carbocycles. The van der Waals surface area contributed by atoms with E-state index in [9.17, 15) is 5.11 Å². The van der Waals surface area contributed by atoms with Gasteiger partial charge in [-0.1, -0.05) is 37.3 Å². The molecule has 2 N–H and O–H groups in total. The van der Waals surface area contributed by atoms with Crippen molar-refractivity contribution in [1.29, 1.82) is 0 Å². The fourth-order valence-electron chi connectivity index (χ4n) is 1.79. The number of aliphatic hydroxyl groups excluding tert-OH is 1. The lowest BCUT2D eigenvalue weighted by Gasteiger charge is -2.15. The first-order chi connectivity index (χ1) is 8.83. The van der Waals surface area contributed by atoms with E-state index >= 15 is 0 Å². The van der Waals surface area contributed by atoms with Crippen LogP contribution in [0.2, 0.25) is 0 Å². The van der Waals surface area contributed by atoms with Crippen molar-refractivity contribution in [1.82, 2.24) is 10.3 Å². The Morgan fingerprint density at radius 3 is 2.72 bits per heavy atom. The van der Waals surface area contributed by atoms with Gasteiger partial charge in [0.15, 0.2) is 0 Å². The molecule has 0 saturated heterocycles. The average Bonchev–Trinajstić information content (AvgIpc) is 2.89. The van der Waals surface area contributed by atoms with Gasteiger partial charge >= 0.3 is 0 Å². The van der Waals surface area contributed by atoms with Crippen molar-refractivity contribution in [2.24, 2.45) is 0 Å². The molecule has 1 unspecified atom stereocenters. The van der Waals surface area contributed by atoms with Crippen LogP contribution in [0.1, 0.15) is 28.4 Å². The molecular weight excluding hydrogens is 244 g/mol.